The molecule has 1 aromatic carbocycles. The molecule has 4 amide bonds. The number of urea groups is 1. The average molecular weight is 393 g/mol. The van der Waals surface area contributed by atoms with Crippen molar-refractivity contribution in [3.63, 3.8) is 0 Å². The van der Waals surface area contributed by atoms with Crippen LogP contribution in [0.4, 0.5) is 4.79 Å². The second kappa shape index (κ2) is 11.6. The van der Waals surface area contributed by atoms with Crippen molar-refractivity contribution in [3.8, 4) is 5.75 Å². The highest BCUT2D eigenvalue weighted by atomic mass is 16.5. The van der Waals surface area contributed by atoms with E-state index in [1.54, 1.807) is 38.1 Å². The molecule has 0 spiro atoms. The van der Waals surface area contributed by atoms with Gasteiger partial charge in [-0.05, 0) is 24.5 Å². The van der Waals surface area contributed by atoms with E-state index >= 15 is 0 Å². The van der Waals surface area contributed by atoms with Crippen molar-refractivity contribution in [2.45, 2.75) is 33.2 Å². The molecule has 0 unspecified atom stereocenters. The minimum atomic E-state index is -0.973. The maximum atomic E-state index is 12.5. The predicted molar refractivity (Wildman–Crippen MR) is 102 cm³/mol. The molecule has 28 heavy (non-hydrogen) atoms. The van der Waals surface area contributed by atoms with Gasteiger partial charge in [0.1, 0.15) is 11.8 Å². The van der Waals surface area contributed by atoms with Gasteiger partial charge in [0, 0.05) is 6.54 Å². The first-order chi connectivity index (χ1) is 13.3. The Morgan fingerprint density at radius 3 is 2.39 bits per heavy atom. The van der Waals surface area contributed by atoms with Crippen molar-refractivity contribution in [2.24, 2.45) is 5.92 Å². The van der Waals surface area contributed by atoms with Crippen LogP contribution >= 0.6 is 0 Å². The molecule has 0 aliphatic heterocycles. The monoisotopic (exact) mass is 393 g/mol. The SMILES string of the molecule is CCCNC(=O)NC(=O)COC(=O)[C@@H](NC(=O)c1ccccc1OC)C(C)C. The zero-order valence-electron chi connectivity index (χ0n) is 16.5. The summed E-state index contributed by atoms with van der Waals surface area (Å²) in [6, 6.07) is 4.96. The second-order valence-corrected chi connectivity index (χ2v) is 6.31. The Balaban J connectivity index is 2.65. The maximum Gasteiger partial charge on any atom is 0.329 e. The Bertz CT molecular complexity index is 705. The molecular weight excluding hydrogens is 366 g/mol. The molecule has 0 radical (unpaired) electrons. The number of hydrogen-bond acceptors (Lipinski definition) is 6. The molecule has 0 heterocycles. The lowest BCUT2D eigenvalue weighted by Crippen LogP contribution is -2.47. The number of rotatable bonds is 9. The van der Waals surface area contributed by atoms with Crippen LogP contribution in [-0.4, -0.2) is 50.1 Å². The highest BCUT2D eigenvalue weighted by Gasteiger charge is 2.27. The standard InChI is InChI=1S/C19H27N3O6/c1-5-10-20-19(26)21-15(23)11-28-18(25)16(12(2)3)22-17(24)13-8-6-7-9-14(13)27-4/h6-9,12,16H,5,10-11H2,1-4H3,(H,22,24)(H2,20,21,23,26)/t16-/m0/s1. The summed E-state index contributed by atoms with van der Waals surface area (Å²) >= 11 is 0. The molecule has 0 saturated carbocycles. The van der Waals surface area contributed by atoms with Crippen molar-refractivity contribution in [3.05, 3.63) is 29.8 Å². The van der Waals surface area contributed by atoms with Gasteiger partial charge in [-0.2, -0.15) is 0 Å². The van der Waals surface area contributed by atoms with Gasteiger partial charge in [-0.25, -0.2) is 9.59 Å². The third kappa shape index (κ3) is 7.26. The largest absolute Gasteiger partial charge is 0.496 e. The Kier molecular flexibility index (Phi) is 9.49. The van der Waals surface area contributed by atoms with E-state index in [0.717, 1.165) is 6.42 Å². The lowest BCUT2D eigenvalue weighted by molar-refractivity contribution is -0.151. The van der Waals surface area contributed by atoms with E-state index in [1.165, 1.54) is 7.11 Å². The minimum absolute atomic E-state index is 0.272. The van der Waals surface area contributed by atoms with Gasteiger partial charge in [-0.1, -0.05) is 32.9 Å². The van der Waals surface area contributed by atoms with Crippen molar-refractivity contribution < 1.29 is 28.7 Å². The Hall–Kier alpha value is -3.10. The molecule has 9 heteroatoms. The highest BCUT2D eigenvalue weighted by molar-refractivity contribution is 5.99. The van der Waals surface area contributed by atoms with Gasteiger partial charge in [0.2, 0.25) is 0 Å². The zero-order valence-corrected chi connectivity index (χ0v) is 16.5. The number of imide groups is 1. The van der Waals surface area contributed by atoms with Crippen molar-refractivity contribution in [1.82, 2.24) is 16.0 Å². The lowest BCUT2D eigenvalue weighted by atomic mass is 10.0. The van der Waals surface area contributed by atoms with Gasteiger partial charge < -0.3 is 20.1 Å². The van der Waals surface area contributed by atoms with Crippen LogP contribution in [0.2, 0.25) is 0 Å². The van der Waals surface area contributed by atoms with Gasteiger partial charge in [-0.3, -0.25) is 14.9 Å². The lowest BCUT2D eigenvalue weighted by Gasteiger charge is -2.21. The number of carbonyl (C=O) groups excluding carboxylic acids is 4. The number of esters is 1. The quantitative estimate of drug-likeness (QED) is 0.542. The molecule has 0 aliphatic carbocycles. The molecule has 0 aliphatic rings. The van der Waals surface area contributed by atoms with Crippen LogP contribution in [0.15, 0.2) is 24.3 Å². The minimum Gasteiger partial charge on any atom is -0.496 e. The molecule has 1 aromatic rings. The number of ether oxygens (including phenoxy) is 2. The van der Waals surface area contributed by atoms with Gasteiger partial charge in [0.05, 0.1) is 12.7 Å². The molecule has 0 bridgehead atoms. The van der Waals surface area contributed by atoms with E-state index in [1.807, 2.05) is 12.2 Å². The predicted octanol–water partition coefficient (Wildman–Crippen LogP) is 1.23. The van der Waals surface area contributed by atoms with E-state index in [0.29, 0.717) is 12.3 Å². The fraction of sp³-hybridized carbons (Fsp3) is 0.474. The molecular formula is C19H27N3O6. The van der Waals surface area contributed by atoms with Gasteiger partial charge in [0.25, 0.3) is 11.8 Å². The van der Waals surface area contributed by atoms with Crippen molar-refractivity contribution in [1.29, 1.82) is 0 Å². The summed E-state index contributed by atoms with van der Waals surface area (Å²) in [6.07, 6.45) is 0.721. The van der Waals surface area contributed by atoms with Crippen molar-refractivity contribution in [2.75, 3.05) is 20.3 Å². The van der Waals surface area contributed by atoms with Crippen LogP contribution < -0.4 is 20.7 Å². The van der Waals surface area contributed by atoms with Crippen LogP contribution in [0, 0.1) is 5.92 Å². The molecule has 1 rings (SSSR count). The number of hydrogen-bond donors (Lipinski definition) is 3. The Morgan fingerprint density at radius 2 is 1.79 bits per heavy atom. The number of nitrogens with one attached hydrogen (secondary N) is 3. The van der Waals surface area contributed by atoms with E-state index in [2.05, 4.69) is 10.6 Å². The molecule has 0 aromatic heterocycles. The van der Waals surface area contributed by atoms with E-state index in [9.17, 15) is 19.2 Å². The fourth-order valence-corrected chi connectivity index (χ4v) is 2.22. The van der Waals surface area contributed by atoms with Gasteiger partial charge in [0.15, 0.2) is 6.61 Å². The number of para-hydroxylation sites is 1. The fourth-order valence-electron chi connectivity index (χ4n) is 2.22. The summed E-state index contributed by atoms with van der Waals surface area (Å²) in [4.78, 5) is 47.9. The summed E-state index contributed by atoms with van der Waals surface area (Å²) in [5.74, 6) is -1.96. The third-order valence-electron chi connectivity index (χ3n) is 3.69. The molecule has 154 valence electrons. The molecule has 1 atom stereocenters. The number of amides is 4. The van der Waals surface area contributed by atoms with Crippen LogP contribution in [-0.2, 0) is 14.3 Å². The van der Waals surface area contributed by atoms with Crippen LogP contribution in [0.5, 0.6) is 5.75 Å². The van der Waals surface area contributed by atoms with E-state index < -0.39 is 36.5 Å². The molecule has 3 N–H and O–H groups in total. The second-order valence-electron chi connectivity index (χ2n) is 6.31. The normalized spacial score (nSPS) is 11.3. The first kappa shape index (κ1) is 22.9. The number of benzene rings is 1. The smallest absolute Gasteiger partial charge is 0.329 e. The van der Waals surface area contributed by atoms with Crippen molar-refractivity contribution >= 4 is 23.8 Å². The molecule has 0 fully saturated rings. The summed E-state index contributed by atoms with van der Waals surface area (Å²) in [7, 11) is 1.44. The average Bonchev–Trinajstić information content (AvgIpc) is 2.68. The third-order valence-corrected chi connectivity index (χ3v) is 3.69. The first-order valence-corrected chi connectivity index (χ1v) is 8.98. The Labute approximate surface area is 164 Å². The van der Waals surface area contributed by atoms with E-state index in [-0.39, 0.29) is 11.5 Å². The highest BCUT2D eigenvalue weighted by Crippen LogP contribution is 2.17. The van der Waals surface area contributed by atoms with Gasteiger partial charge in [-0.15, -0.1) is 0 Å². The summed E-state index contributed by atoms with van der Waals surface area (Å²) < 4.78 is 10.1. The molecule has 9 nitrogen and oxygen atoms in total. The maximum absolute atomic E-state index is 12.5. The summed E-state index contributed by atoms with van der Waals surface area (Å²) in [5.41, 5.74) is 0.272. The van der Waals surface area contributed by atoms with Crippen LogP contribution in [0.1, 0.15) is 37.6 Å². The Morgan fingerprint density at radius 1 is 1.11 bits per heavy atom. The van der Waals surface area contributed by atoms with Crippen LogP contribution in [0.25, 0.3) is 0 Å². The first-order valence-electron chi connectivity index (χ1n) is 8.98. The van der Waals surface area contributed by atoms with E-state index in [4.69, 9.17) is 9.47 Å². The number of methoxy groups -OCH3 is 1. The summed E-state index contributed by atoms with van der Waals surface area (Å²) in [5, 5.41) is 7.11. The zero-order chi connectivity index (χ0) is 21.1. The summed E-state index contributed by atoms with van der Waals surface area (Å²) in [6.45, 7) is 5.12. The van der Waals surface area contributed by atoms with Crippen LogP contribution in [0.3, 0.4) is 0 Å². The number of carbonyl (C=O) groups is 4. The molecule has 0 saturated heterocycles. The topological polar surface area (TPSA) is 123 Å². The van der Waals surface area contributed by atoms with Gasteiger partial charge >= 0.3 is 12.0 Å².